The molecule has 3 aromatic rings. The number of anilines is 2. The van der Waals surface area contributed by atoms with Crippen LogP contribution in [0, 0.1) is 11.8 Å². The number of benzene rings is 2. The Kier molecular flexibility index (Phi) is 9.63. The number of hydrogen-bond donors (Lipinski definition) is 3. The van der Waals surface area contributed by atoms with Crippen molar-refractivity contribution in [3.8, 4) is 0 Å². The van der Waals surface area contributed by atoms with Gasteiger partial charge in [-0.25, -0.2) is 4.98 Å². The van der Waals surface area contributed by atoms with E-state index in [1.807, 2.05) is 30.3 Å². The highest BCUT2D eigenvalue weighted by Gasteiger charge is 2.32. The minimum Gasteiger partial charge on any atom is -0.449 e. The molecule has 1 aromatic heterocycles. The molecule has 1 fully saturated rings. The number of hydrogen-bond acceptors (Lipinski definition) is 5. The molecule has 0 aliphatic heterocycles. The van der Waals surface area contributed by atoms with Gasteiger partial charge in [-0.3, -0.25) is 9.59 Å². The third kappa shape index (κ3) is 7.94. The molecule has 3 N–H and O–H groups in total. The lowest BCUT2D eigenvalue weighted by molar-refractivity contribution is -0.137. The average molecular weight is 551 g/mol. The van der Waals surface area contributed by atoms with Crippen LogP contribution in [0.25, 0.3) is 0 Å². The van der Waals surface area contributed by atoms with E-state index in [0.717, 1.165) is 37.0 Å². The van der Waals surface area contributed by atoms with E-state index in [0.29, 0.717) is 18.8 Å². The molecular formula is C30H33BF3N3O3. The zero-order valence-electron chi connectivity index (χ0n) is 22.3. The molecule has 0 radical (unpaired) electrons. The summed E-state index contributed by atoms with van der Waals surface area (Å²) in [7, 11) is 0. The smallest absolute Gasteiger partial charge is 0.416 e. The lowest BCUT2D eigenvalue weighted by Gasteiger charge is -2.31. The van der Waals surface area contributed by atoms with E-state index in [4.69, 9.17) is 0 Å². The molecule has 2 atom stereocenters. The van der Waals surface area contributed by atoms with Gasteiger partial charge in [0.05, 0.1) is 11.1 Å². The summed E-state index contributed by atoms with van der Waals surface area (Å²) in [5.41, 5.74) is 0.372. The van der Waals surface area contributed by atoms with E-state index in [9.17, 15) is 27.8 Å². The molecule has 40 heavy (non-hydrogen) atoms. The molecule has 6 nitrogen and oxygen atoms in total. The van der Waals surface area contributed by atoms with Gasteiger partial charge in [0.2, 0.25) is 5.91 Å². The van der Waals surface area contributed by atoms with E-state index in [2.05, 4.69) is 15.6 Å². The van der Waals surface area contributed by atoms with E-state index >= 15 is 0 Å². The number of aromatic nitrogens is 1. The maximum atomic E-state index is 13.6. The molecule has 1 saturated carbocycles. The number of pyridine rings is 1. The number of nitrogens with zero attached hydrogens (tertiary/aromatic N) is 1. The number of amides is 1. The quantitative estimate of drug-likeness (QED) is 0.187. The fourth-order valence-corrected chi connectivity index (χ4v) is 4.89. The van der Waals surface area contributed by atoms with Crippen LogP contribution >= 0.6 is 0 Å². The number of carbonyl (C=O) groups excluding carboxylic acids is 2. The molecule has 0 spiro atoms. The summed E-state index contributed by atoms with van der Waals surface area (Å²) in [6.07, 6.45) is 1.09. The monoisotopic (exact) mass is 551 g/mol. The SMILES string of the molecule is CB(O)[C@H](CC1CCC1)NC(=O)[C@@H](CC(=O)c1cccnc1Nc1cccc(C(F)(F)F)c1)Cc1ccccc1. The Labute approximate surface area is 232 Å². The fourth-order valence-electron chi connectivity index (χ4n) is 4.89. The molecule has 0 bridgehead atoms. The second-order valence-electron chi connectivity index (χ2n) is 10.5. The maximum Gasteiger partial charge on any atom is 0.416 e. The summed E-state index contributed by atoms with van der Waals surface area (Å²) >= 11 is 0. The molecule has 4 rings (SSSR count). The van der Waals surface area contributed by atoms with Crippen molar-refractivity contribution < 1.29 is 27.8 Å². The van der Waals surface area contributed by atoms with Crippen LogP contribution in [0.5, 0.6) is 0 Å². The largest absolute Gasteiger partial charge is 0.449 e. The summed E-state index contributed by atoms with van der Waals surface area (Å²) < 4.78 is 39.6. The summed E-state index contributed by atoms with van der Waals surface area (Å²) in [6.45, 7) is 0.918. The zero-order valence-corrected chi connectivity index (χ0v) is 22.3. The van der Waals surface area contributed by atoms with Crippen molar-refractivity contribution in [2.45, 2.75) is 57.5 Å². The summed E-state index contributed by atoms with van der Waals surface area (Å²) in [4.78, 5) is 31.3. The number of alkyl halides is 3. The van der Waals surface area contributed by atoms with Crippen LogP contribution in [0.1, 0.15) is 53.6 Å². The fraction of sp³-hybridized carbons (Fsp3) is 0.367. The van der Waals surface area contributed by atoms with Crippen molar-refractivity contribution in [1.82, 2.24) is 10.3 Å². The van der Waals surface area contributed by atoms with Crippen molar-refractivity contribution in [2.75, 3.05) is 5.32 Å². The third-order valence-corrected chi connectivity index (χ3v) is 7.41. The standard InChI is InChI=1S/C30H33BF3N3O3/c1-31(40)27(17-21-10-5-11-21)37-29(39)22(16-20-8-3-2-4-9-20)18-26(38)25-14-7-15-35-28(25)36-24-13-6-12-23(19-24)30(32,33)34/h2-4,6-9,12-15,19,21-22,27,40H,5,10-11,16-18H2,1H3,(H,35,36)(H,37,39)/t22-,27+/m1/s1. The number of halogens is 3. The topological polar surface area (TPSA) is 91.3 Å². The lowest BCUT2D eigenvalue weighted by Crippen LogP contribution is -2.49. The Bertz CT molecular complexity index is 1300. The van der Waals surface area contributed by atoms with Crippen LogP contribution in [0.15, 0.2) is 72.9 Å². The number of ketones is 1. The molecule has 1 aliphatic rings. The molecule has 10 heteroatoms. The first-order chi connectivity index (χ1) is 19.1. The Morgan fingerprint density at radius 1 is 1.07 bits per heavy atom. The van der Waals surface area contributed by atoms with Crippen LogP contribution in [0.3, 0.4) is 0 Å². The van der Waals surface area contributed by atoms with Gasteiger partial charge >= 0.3 is 13.1 Å². The van der Waals surface area contributed by atoms with Gasteiger partial charge in [0, 0.05) is 30.2 Å². The number of carbonyl (C=O) groups is 2. The van der Waals surface area contributed by atoms with Crippen LogP contribution in [-0.2, 0) is 17.4 Å². The Hall–Kier alpha value is -3.66. The number of rotatable bonds is 12. The molecule has 210 valence electrons. The van der Waals surface area contributed by atoms with Crippen LogP contribution < -0.4 is 10.6 Å². The highest BCUT2D eigenvalue weighted by atomic mass is 19.4. The van der Waals surface area contributed by atoms with Gasteiger partial charge in [-0.15, -0.1) is 0 Å². The highest BCUT2D eigenvalue weighted by Crippen LogP contribution is 2.32. The lowest BCUT2D eigenvalue weighted by atomic mass is 9.59. The summed E-state index contributed by atoms with van der Waals surface area (Å²) in [5, 5.41) is 16.2. The first-order valence-electron chi connectivity index (χ1n) is 13.5. The summed E-state index contributed by atoms with van der Waals surface area (Å²) in [6, 6.07) is 17.1. The van der Waals surface area contributed by atoms with Gasteiger partial charge < -0.3 is 15.7 Å². The van der Waals surface area contributed by atoms with Gasteiger partial charge in [-0.1, -0.05) is 62.5 Å². The molecule has 2 aromatic carbocycles. The Morgan fingerprint density at radius 3 is 2.48 bits per heavy atom. The Morgan fingerprint density at radius 2 is 1.82 bits per heavy atom. The van der Waals surface area contributed by atoms with Crippen molar-refractivity contribution >= 4 is 30.1 Å². The highest BCUT2D eigenvalue weighted by molar-refractivity contribution is 6.51. The minimum atomic E-state index is -4.51. The van der Waals surface area contributed by atoms with Crippen molar-refractivity contribution in [3.63, 3.8) is 0 Å². The predicted molar refractivity (Wildman–Crippen MR) is 149 cm³/mol. The van der Waals surface area contributed by atoms with Crippen LogP contribution in [0.2, 0.25) is 6.82 Å². The second-order valence-corrected chi connectivity index (χ2v) is 10.5. The maximum absolute atomic E-state index is 13.6. The van der Waals surface area contributed by atoms with E-state index in [1.54, 1.807) is 12.9 Å². The predicted octanol–water partition coefficient (Wildman–Crippen LogP) is 6.10. The normalized spacial score (nSPS) is 15.0. The zero-order chi connectivity index (χ0) is 28.7. The molecule has 0 saturated heterocycles. The van der Waals surface area contributed by atoms with Gasteiger partial charge in [0.15, 0.2) is 5.78 Å². The average Bonchev–Trinajstić information content (AvgIpc) is 2.90. The minimum absolute atomic E-state index is 0.109. The Balaban J connectivity index is 1.54. The molecular weight excluding hydrogens is 518 g/mol. The number of nitrogens with one attached hydrogen (secondary N) is 2. The van der Waals surface area contributed by atoms with E-state index in [-0.39, 0.29) is 35.2 Å². The molecule has 0 unspecified atom stereocenters. The van der Waals surface area contributed by atoms with Gasteiger partial charge in [-0.2, -0.15) is 13.2 Å². The van der Waals surface area contributed by atoms with Crippen LogP contribution in [-0.4, -0.2) is 34.6 Å². The van der Waals surface area contributed by atoms with Gasteiger partial charge in [-0.05, 0) is 54.7 Å². The molecule has 1 aliphatic carbocycles. The first kappa shape index (κ1) is 29.3. The molecule has 1 heterocycles. The first-order valence-corrected chi connectivity index (χ1v) is 13.5. The van der Waals surface area contributed by atoms with Crippen LogP contribution in [0.4, 0.5) is 24.7 Å². The van der Waals surface area contributed by atoms with E-state index in [1.165, 1.54) is 24.4 Å². The second kappa shape index (κ2) is 13.1. The van der Waals surface area contributed by atoms with Gasteiger partial charge in [0.1, 0.15) is 5.82 Å². The van der Waals surface area contributed by atoms with Crippen molar-refractivity contribution in [1.29, 1.82) is 0 Å². The van der Waals surface area contributed by atoms with Crippen molar-refractivity contribution in [2.24, 2.45) is 11.8 Å². The van der Waals surface area contributed by atoms with Gasteiger partial charge in [0.25, 0.3) is 0 Å². The number of Topliss-reactive ketones (excluding diaryl/α,β-unsaturated/α-hetero) is 1. The summed E-state index contributed by atoms with van der Waals surface area (Å²) in [5.74, 6) is -1.25. The van der Waals surface area contributed by atoms with Crippen molar-refractivity contribution in [3.05, 3.63) is 89.6 Å². The third-order valence-electron chi connectivity index (χ3n) is 7.41. The molecule has 1 amide bonds. The van der Waals surface area contributed by atoms with E-state index < -0.39 is 30.5 Å².